The van der Waals surface area contributed by atoms with Crippen LogP contribution in [0.1, 0.15) is 25.0 Å². The molecule has 0 spiro atoms. The first-order chi connectivity index (χ1) is 7.59. The van der Waals surface area contributed by atoms with Crippen LogP contribution in [0.2, 0.25) is 0 Å². The molecule has 1 aliphatic heterocycles. The molecule has 5 heteroatoms. The van der Waals surface area contributed by atoms with Gasteiger partial charge in [0.25, 0.3) is 0 Å². The molecule has 0 amide bonds. The summed E-state index contributed by atoms with van der Waals surface area (Å²) < 4.78 is 38.1. The first-order valence-corrected chi connectivity index (χ1v) is 5.36. The van der Waals surface area contributed by atoms with E-state index in [1.54, 1.807) is 11.0 Å². The second kappa shape index (κ2) is 4.31. The van der Waals surface area contributed by atoms with Crippen molar-refractivity contribution < 1.29 is 13.2 Å². The quantitative estimate of drug-likeness (QED) is 0.737. The normalized spacial score (nSPS) is 17.6. The molecule has 0 bridgehead atoms. The Morgan fingerprint density at radius 2 is 1.81 bits per heavy atom. The number of hydrogen-bond donors (Lipinski definition) is 0. The van der Waals surface area contributed by atoms with E-state index >= 15 is 0 Å². The lowest BCUT2D eigenvalue weighted by Crippen LogP contribution is -2.31. The molecule has 1 saturated heterocycles. The fourth-order valence-electron chi connectivity index (χ4n) is 2.01. The Hall–Kier alpha value is -1.26. The average Bonchev–Trinajstić information content (AvgIpc) is 2.29. The minimum Gasteiger partial charge on any atom is -0.370 e. The maximum absolute atomic E-state index is 12.7. The lowest BCUT2D eigenvalue weighted by atomic mass is 10.1. The van der Waals surface area contributed by atoms with Gasteiger partial charge in [0.1, 0.15) is 0 Å². The first-order valence-electron chi connectivity index (χ1n) is 5.36. The van der Waals surface area contributed by atoms with Gasteiger partial charge in [0.15, 0.2) is 5.69 Å². The second-order valence-corrected chi connectivity index (χ2v) is 3.92. The van der Waals surface area contributed by atoms with Crippen LogP contribution in [-0.2, 0) is 6.18 Å². The molecule has 2 nitrogen and oxygen atoms in total. The molecule has 1 aromatic heterocycles. The number of pyridine rings is 1. The van der Waals surface area contributed by atoms with Gasteiger partial charge in [0.2, 0.25) is 0 Å². The van der Waals surface area contributed by atoms with Crippen LogP contribution in [0.4, 0.5) is 18.9 Å². The van der Waals surface area contributed by atoms with E-state index in [-0.39, 0.29) is 5.69 Å². The molecule has 2 heterocycles. The summed E-state index contributed by atoms with van der Waals surface area (Å²) in [6.07, 6.45) is -0.180. The zero-order valence-electron chi connectivity index (χ0n) is 8.80. The van der Waals surface area contributed by atoms with Gasteiger partial charge in [0, 0.05) is 19.3 Å². The zero-order chi connectivity index (χ0) is 11.6. The molecule has 0 unspecified atom stereocenters. The third kappa shape index (κ3) is 2.28. The highest BCUT2D eigenvalue weighted by Gasteiger charge is 2.36. The first kappa shape index (κ1) is 11.2. The fraction of sp³-hybridized carbons (Fsp3) is 0.545. The highest BCUT2D eigenvalue weighted by atomic mass is 19.4. The van der Waals surface area contributed by atoms with E-state index in [2.05, 4.69) is 4.98 Å². The van der Waals surface area contributed by atoms with Crippen LogP contribution in [0.3, 0.4) is 0 Å². The Morgan fingerprint density at radius 3 is 2.44 bits per heavy atom. The van der Waals surface area contributed by atoms with Crippen LogP contribution in [0.5, 0.6) is 0 Å². The lowest BCUT2D eigenvalue weighted by Gasteiger charge is -2.30. The summed E-state index contributed by atoms with van der Waals surface area (Å²) in [6, 6.07) is 3.06. The molecular formula is C11H13F3N2. The van der Waals surface area contributed by atoms with Gasteiger partial charge in [-0.1, -0.05) is 0 Å². The Morgan fingerprint density at radius 1 is 1.12 bits per heavy atom. The molecule has 0 atom stereocenters. The molecule has 0 N–H and O–H groups in total. The molecule has 0 radical (unpaired) electrons. The largest absolute Gasteiger partial charge is 0.435 e. The third-order valence-electron chi connectivity index (χ3n) is 2.75. The number of halogens is 3. The summed E-state index contributed by atoms with van der Waals surface area (Å²) in [6.45, 7) is 1.38. The van der Waals surface area contributed by atoms with Crippen LogP contribution in [-0.4, -0.2) is 18.1 Å². The number of anilines is 1. The van der Waals surface area contributed by atoms with E-state index in [0.717, 1.165) is 19.3 Å². The van der Waals surface area contributed by atoms with Crippen molar-refractivity contribution in [3.05, 3.63) is 24.0 Å². The van der Waals surface area contributed by atoms with Crippen molar-refractivity contribution >= 4 is 5.69 Å². The molecule has 16 heavy (non-hydrogen) atoms. The SMILES string of the molecule is FC(F)(F)c1ncccc1N1CCCCC1. The van der Waals surface area contributed by atoms with Crippen molar-refractivity contribution in [3.63, 3.8) is 0 Å². The number of aromatic nitrogens is 1. The average molecular weight is 230 g/mol. The summed E-state index contributed by atoms with van der Waals surface area (Å²) >= 11 is 0. The van der Waals surface area contributed by atoms with Crippen molar-refractivity contribution in [2.45, 2.75) is 25.4 Å². The van der Waals surface area contributed by atoms with Crippen LogP contribution in [0.25, 0.3) is 0 Å². The van der Waals surface area contributed by atoms with Crippen molar-refractivity contribution in [2.75, 3.05) is 18.0 Å². The molecule has 2 rings (SSSR count). The molecule has 1 aromatic rings. The molecule has 0 aromatic carbocycles. The minimum absolute atomic E-state index is 0.217. The van der Waals surface area contributed by atoms with Gasteiger partial charge in [-0.2, -0.15) is 13.2 Å². The molecule has 1 aliphatic rings. The predicted octanol–water partition coefficient (Wildman–Crippen LogP) is 3.09. The predicted molar refractivity (Wildman–Crippen MR) is 55.3 cm³/mol. The highest BCUT2D eigenvalue weighted by molar-refractivity contribution is 5.51. The monoisotopic (exact) mass is 230 g/mol. The minimum atomic E-state index is -4.37. The Bertz CT molecular complexity index is 356. The van der Waals surface area contributed by atoms with E-state index in [0.29, 0.717) is 13.1 Å². The van der Waals surface area contributed by atoms with Gasteiger partial charge in [-0.05, 0) is 31.4 Å². The van der Waals surface area contributed by atoms with Crippen molar-refractivity contribution in [2.24, 2.45) is 0 Å². The fourth-order valence-corrected chi connectivity index (χ4v) is 2.01. The molecule has 1 fully saturated rings. The van der Waals surface area contributed by atoms with Gasteiger partial charge >= 0.3 is 6.18 Å². The number of piperidine rings is 1. The van der Waals surface area contributed by atoms with Crippen LogP contribution >= 0.6 is 0 Å². The summed E-state index contributed by atoms with van der Waals surface area (Å²) in [5.41, 5.74) is -0.549. The summed E-state index contributed by atoms with van der Waals surface area (Å²) in [7, 11) is 0. The molecule has 88 valence electrons. The number of rotatable bonds is 1. The Balaban J connectivity index is 2.32. The van der Waals surface area contributed by atoms with Gasteiger partial charge in [-0.25, -0.2) is 4.98 Å². The summed E-state index contributed by atoms with van der Waals surface area (Å²) in [5.74, 6) is 0. The van der Waals surface area contributed by atoms with E-state index in [1.165, 1.54) is 12.3 Å². The van der Waals surface area contributed by atoms with Gasteiger partial charge in [-0.3, -0.25) is 0 Å². The lowest BCUT2D eigenvalue weighted by molar-refractivity contribution is -0.140. The van der Waals surface area contributed by atoms with Crippen LogP contribution in [0.15, 0.2) is 18.3 Å². The smallest absolute Gasteiger partial charge is 0.370 e. The third-order valence-corrected chi connectivity index (χ3v) is 2.75. The Labute approximate surface area is 92.1 Å². The van der Waals surface area contributed by atoms with E-state index in [1.807, 2.05) is 0 Å². The van der Waals surface area contributed by atoms with Crippen molar-refractivity contribution in [1.82, 2.24) is 4.98 Å². The van der Waals surface area contributed by atoms with Crippen molar-refractivity contribution in [3.8, 4) is 0 Å². The number of alkyl halides is 3. The number of nitrogens with zero attached hydrogens (tertiary/aromatic N) is 2. The molecule has 0 aliphatic carbocycles. The Kier molecular flexibility index (Phi) is 3.03. The van der Waals surface area contributed by atoms with Gasteiger partial charge < -0.3 is 4.90 Å². The maximum Gasteiger partial charge on any atom is 0.435 e. The number of hydrogen-bond acceptors (Lipinski definition) is 2. The zero-order valence-corrected chi connectivity index (χ0v) is 8.80. The molecule has 0 saturated carbocycles. The summed E-state index contributed by atoms with van der Waals surface area (Å²) in [5, 5.41) is 0. The van der Waals surface area contributed by atoms with Gasteiger partial charge in [-0.15, -0.1) is 0 Å². The second-order valence-electron chi connectivity index (χ2n) is 3.92. The van der Waals surface area contributed by atoms with E-state index in [4.69, 9.17) is 0 Å². The van der Waals surface area contributed by atoms with E-state index < -0.39 is 11.9 Å². The summed E-state index contributed by atoms with van der Waals surface area (Å²) in [4.78, 5) is 5.24. The van der Waals surface area contributed by atoms with Gasteiger partial charge in [0.05, 0.1) is 5.69 Å². The van der Waals surface area contributed by atoms with E-state index in [9.17, 15) is 13.2 Å². The standard InChI is InChI=1S/C11H13F3N2/c12-11(13,14)10-9(5-4-6-15-10)16-7-2-1-3-8-16/h4-6H,1-3,7-8H2. The van der Waals surface area contributed by atoms with Crippen LogP contribution in [0, 0.1) is 0 Å². The van der Waals surface area contributed by atoms with Crippen molar-refractivity contribution in [1.29, 1.82) is 0 Å². The van der Waals surface area contributed by atoms with Crippen LogP contribution < -0.4 is 4.90 Å². The topological polar surface area (TPSA) is 16.1 Å². The highest BCUT2D eigenvalue weighted by Crippen LogP contribution is 2.35. The maximum atomic E-state index is 12.7. The molecular weight excluding hydrogens is 217 g/mol.